The van der Waals surface area contributed by atoms with E-state index in [2.05, 4.69) is 24.4 Å². The third kappa shape index (κ3) is 5.51. The van der Waals surface area contributed by atoms with Gasteiger partial charge in [-0.15, -0.1) is 11.3 Å². The average molecular weight is 353 g/mol. The number of aryl methyl sites for hydroxylation is 1. The zero-order valence-electron chi connectivity index (χ0n) is 15.1. The van der Waals surface area contributed by atoms with E-state index in [1.165, 1.54) is 9.75 Å². The van der Waals surface area contributed by atoms with Crippen molar-refractivity contribution in [3.8, 4) is 0 Å². The van der Waals surface area contributed by atoms with Crippen LogP contribution < -0.4 is 5.32 Å². The van der Waals surface area contributed by atoms with Crippen molar-refractivity contribution in [2.75, 3.05) is 13.1 Å². The summed E-state index contributed by atoms with van der Waals surface area (Å²) >= 11 is 1.75. The Bertz CT molecular complexity index is 569. The molecular weight excluding hydrogens is 324 g/mol. The quantitative estimate of drug-likeness (QED) is 0.901. The van der Waals surface area contributed by atoms with Crippen LogP contribution in [0, 0.1) is 5.92 Å². The van der Waals surface area contributed by atoms with Gasteiger partial charge in [0, 0.05) is 28.8 Å². The van der Waals surface area contributed by atoms with Crippen LogP contribution in [0.25, 0.3) is 0 Å². The van der Waals surface area contributed by atoms with Crippen molar-refractivity contribution in [2.45, 2.75) is 59.1 Å². The van der Waals surface area contributed by atoms with Crippen molar-refractivity contribution >= 4 is 23.3 Å². The molecule has 1 aromatic rings. The number of likely N-dealkylation sites (tertiary alicyclic amines) is 1. The van der Waals surface area contributed by atoms with Gasteiger partial charge in [-0.1, -0.05) is 6.92 Å². The topological polar surface area (TPSA) is 58.6 Å². The van der Waals surface area contributed by atoms with Gasteiger partial charge in [-0.05, 0) is 52.2 Å². The second-order valence-electron chi connectivity index (χ2n) is 7.18. The Labute approximate surface area is 148 Å². The molecule has 2 heterocycles. The molecule has 1 aromatic heterocycles. The van der Waals surface area contributed by atoms with Crippen LogP contribution in [0.4, 0.5) is 4.79 Å². The molecule has 2 rings (SSSR count). The van der Waals surface area contributed by atoms with E-state index in [1.54, 1.807) is 16.2 Å². The first-order chi connectivity index (χ1) is 11.3. The van der Waals surface area contributed by atoms with Gasteiger partial charge in [-0.3, -0.25) is 4.79 Å². The number of thiophene rings is 1. The lowest BCUT2D eigenvalue weighted by Crippen LogP contribution is -2.44. The van der Waals surface area contributed by atoms with Gasteiger partial charge in [0.1, 0.15) is 5.60 Å². The molecular formula is C18H28N2O3S. The fourth-order valence-corrected chi connectivity index (χ4v) is 3.57. The van der Waals surface area contributed by atoms with Gasteiger partial charge < -0.3 is 15.0 Å². The molecule has 24 heavy (non-hydrogen) atoms. The van der Waals surface area contributed by atoms with Crippen molar-refractivity contribution < 1.29 is 14.3 Å². The van der Waals surface area contributed by atoms with E-state index in [1.807, 2.05) is 20.8 Å². The summed E-state index contributed by atoms with van der Waals surface area (Å²) in [5.74, 6) is 0.0691. The standard InChI is InChI=1S/C18H28N2O3S/c1-5-14-6-7-15(24-14)12-19-16(21)13-8-10-20(11-9-13)17(22)23-18(2,3)4/h6-7,13H,5,8-12H2,1-4H3,(H,19,21). The fourth-order valence-electron chi connectivity index (χ4n) is 2.68. The van der Waals surface area contributed by atoms with Crippen molar-refractivity contribution in [1.29, 1.82) is 0 Å². The number of hydrogen-bond donors (Lipinski definition) is 1. The first kappa shape index (κ1) is 18.8. The summed E-state index contributed by atoms with van der Waals surface area (Å²) in [5, 5.41) is 3.03. The van der Waals surface area contributed by atoms with E-state index in [-0.39, 0.29) is 17.9 Å². The average Bonchev–Trinajstić information content (AvgIpc) is 2.99. The summed E-state index contributed by atoms with van der Waals surface area (Å²) in [6, 6.07) is 4.19. The number of nitrogens with zero attached hydrogens (tertiary/aromatic N) is 1. The smallest absolute Gasteiger partial charge is 0.410 e. The number of nitrogens with one attached hydrogen (secondary N) is 1. The SMILES string of the molecule is CCc1ccc(CNC(=O)C2CCN(C(=O)OC(C)(C)C)CC2)s1. The third-order valence-electron chi connectivity index (χ3n) is 4.02. The molecule has 1 aliphatic rings. The minimum Gasteiger partial charge on any atom is -0.444 e. The van der Waals surface area contributed by atoms with Crippen molar-refractivity contribution in [3.05, 3.63) is 21.9 Å². The van der Waals surface area contributed by atoms with E-state index < -0.39 is 5.60 Å². The fraction of sp³-hybridized carbons (Fsp3) is 0.667. The highest BCUT2D eigenvalue weighted by Gasteiger charge is 2.29. The number of piperidine rings is 1. The molecule has 0 aliphatic carbocycles. The maximum Gasteiger partial charge on any atom is 0.410 e. The van der Waals surface area contributed by atoms with Crippen LogP contribution in [0.3, 0.4) is 0 Å². The Kier molecular flexibility index (Phi) is 6.27. The Hall–Kier alpha value is -1.56. The maximum atomic E-state index is 12.3. The highest BCUT2D eigenvalue weighted by molar-refractivity contribution is 7.11. The zero-order valence-corrected chi connectivity index (χ0v) is 15.9. The van der Waals surface area contributed by atoms with Crippen molar-refractivity contribution in [3.63, 3.8) is 0 Å². The van der Waals surface area contributed by atoms with Crippen LogP contribution in [-0.2, 0) is 22.5 Å². The molecule has 1 N–H and O–H groups in total. The molecule has 1 saturated heterocycles. The summed E-state index contributed by atoms with van der Waals surface area (Å²) in [6.45, 7) is 9.46. The molecule has 2 amide bonds. The molecule has 5 nitrogen and oxygen atoms in total. The molecule has 1 aliphatic heterocycles. The van der Waals surface area contributed by atoms with E-state index >= 15 is 0 Å². The van der Waals surface area contributed by atoms with E-state index in [4.69, 9.17) is 4.74 Å². The molecule has 0 spiro atoms. The monoisotopic (exact) mass is 352 g/mol. The maximum absolute atomic E-state index is 12.3. The number of amides is 2. The first-order valence-electron chi connectivity index (χ1n) is 8.61. The Balaban J connectivity index is 1.75. The first-order valence-corrected chi connectivity index (χ1v) is 9.43. The van der Waals surface area contributed by atoms with Gasteiger partial charge in [-0.2, -0.15) is 0 Å². The lowest BCUT2D eigenvalue weighted by atomic mass is 9.96. The lowest BCUT2D eigenvalue weighted by molar-refractivity contribution is -0.126. The number of carbonyl (C=O) groups is 2. The minimum atomic E-state index is -0.483. The predicted molar refractivity (Wildman–Crippen MR) is 96.1 cm³/mol. The van der Waals surface area contributed by atoms with E-state index in [9.17, 15) is 9.59 Å². The van der Waals surface area contributed by atoms with Crippen LogP contribution in [-0.4, -0.2) is 35.6 Å². The van der Waals surface area contributed by atoms with Crippen LogP contribution in [0.5, 0.6) is 0 Å². The summed E-state index contributed by atoms with van der Waals surface area (Å²) in [6.07, 6.45) is 2.12. The molecule has 0 saturated carbocycles. The van der Waals surface area contributed by atoms with Gasteiger partial charge >= 0.3 is 6.09 Å². The zero-order chi connectivity index (χ0) is 17.7. The Morgan fingerprint density at radius 2 is 1.88 bits per heavy atom. The largest absolute Gasteiger partial charge is 0.444 e. The predicted octanol–water partition coefficient (Wildman–Crippen LogP) is 3.57. The van der Waals surface area contributed by atoms with Crippen molar-refractivity contribution in [2.24, 2.45) is 5.92 Å². The normalized spacial score (nSPS) is 16.1. The van der Waals surface area contributed by atoms with Crippen LogP contribution in [0.15, 0.2) is 12.1 Å². The van der Waals surface area contributed by atoms with Gasteiger partial charge in [0.05, 0.1) is 6.54 Å². The van der Waals surface area contributed by atoms with Gasteiger partial charge in [-0.25, -0.2) is 4.79 Å². The minimum absolute atomic E-state index is 0.0192. The number of carbonyl (C=O) groups excluding carboxylic acids is 2. The molecule has 0 radical (unpaired) electrons. The summed E-state index contributed by atoms with van der Waals surface area (Å²) < 4.78 is 5.38. The highest BCUT2D eigenvalue weighted by atomic mass is 32.1. The number of rotatable bonds is 4. The van der Waals surface area contributed by atoms with Gasteiger partial charge in [0.15, 0.2) is 0 Å². The lowest BCUT2D eigenvalue weighted by Gasteiger charge is -2.32. The third-order valence-corrected chi connectivity index (χ3v) is 5.25. The Morgan fingerprint density at radius 3 is 2.42 bits per heavy atom. The van der Waals surface area contributed by atoms with Crippen molar-refractivity contribution in [1.82, 2.24) is 10.2 Å². The molecule has 0 atom stereocenters. The molecule has 0 aromatic carbocycles. The summed E-state index contributed by atoms with van der Waals surface area (Å²) in [4.78, 5) is 28.6. The molecule has 1 fully saturated rings. The van der Waals surface area contributed by atoms with Gasteiger partial charge in [0.25, 0.3) is 0 Å². The summed E-state index contributed by atoms with van der Waals surface area (Å²) in [7, 11) is 0. The molecule has 134 valence electrons. The molecule has 6 heteroatoms. The molecule has 0 unspecified atom stereocenters. The van der Waals surface area contributed by atoms with E-state index in [0.29, 0.717) is 32.5 Å². The number of hydrogen-bond acceptors (Lipinski definition) is 4. The van der Waals surface area contributed by atoms with E-state index in [0.717, 1.165) is 6.42 Å². The van der Waals surface area contributed by atoms with Gasteiger partial charge in [0.2, 0.25) is 5.91 Å². The molecule has 0 bridgehead atoms. The Morgan fingerprint density at radius 1 is 1.25 bits per heavy atom. The number of ether oxygens (including phenoxy) is 1. The second kappa shape index (κ2) is 8.01. The van der Waals surface area contributed by atoms with Crippen LogP contribution in [0.1, 0.15) is 50.3 Å². The summed E-state index contributed by atoms with van der Waals surface area (Å²) in [5.41, 5.74) is -0.483. The van der Waals surface area contributed by atoms with Crippen LogP contribution in [0.2, 0.25) is 0 Å². The van der Waals surface area contributed by atoms with Crippen LogP contribution >= 0.6 is 11.3 Å². The highest BCUT2D eigenvalue weighted by Crippen LogP contribution is 2.21. The second-order valence-corrected chi connectivity index (χ2v) is 8.43.